The van der Waals surface area contributed by atoms with Gasteiger partial charge in [-0.1, -0.05) is 11.6 Å². The van der Waals surface area contributed by atoms with E-state index in [1.165, 1.54) is 25.7 Å². The fourth-order valence-corrected chi connectivity index (χ4v) is 2.69. The van der Waals surface area contributed by atoms with Gasteiger partial charge in [0.15, 0.2) is 0 Å². The second-order valence-electron chi connectivity index (χ2n) is 5.71. The standard InChI is InChI=1S/C16H22ClNO2/c17-13-4-7-16(12(9-13)10-18-14-5-6-14)20-11-15-3-1-2-8-19-15/h4,7,9,14-15,18H,1-3,5-6,8,10-11H2. The summed E-state index contributed by atoms with van der Waals surface area (Å²) in [5.41, 5.74) is 1.14. The summed E-state index contributed by atoms with van der Waals surface area (Å²) in [4.78, 5) is 0. The number of hydrogen-bond donors (Lipinski definition) is 1. The first kappa shape index (κ1) is 14.2. The number of ether oxygens (including phenoxy) is 2. The van der Waals surface area contributed by atoms with Crippen LogP contribution in [-0.2, 0) is 11.3 Å². The van der Waals surface area contributed by atoms with E-state index in [0.717, 1.165) is 35.9 Å². The minimum absolute atomic E-state index is 0.240. The molecule has 1 aromatic carbocycles. The fourth-order valence-electron chi connectivity index (χ4n) is 2.49. The first-order valence-corrected chi connectivity index (χ1v) is 7.95. The number of nitrogens with one attached hydrogen (secondary N) is 1. The number of halogens is 1. The van der Waals surface area contributed by atoms with Crippen molar-refractivity contribution in [2.75, 3.05) is 13.2 Å². The Hall–Kier alpha value is -0.770. The smallest absolute Gasteiger partial charge is 0.124 e. The lowest BCUT2D eigenvalue weighted by atomic mass is 10.1. The summed E-state index contributed by atoms with van der Waals surface area (Å²) < 4.78 is 11.7. The summed E-state index contributed by atoms with van der Waals surface area (Å²) in [6.45, 7) is 2.33. The Bertz CT molecular complexity index is 442. The molecule has 0 amide bonds. The summed E-state index contributed by atoms with van der Waals surface area (Å²) in [7, 11) is 0. The van der Waals surface area contributed by atoms with Gasteiger partial charge in [0.25, 0.3) is 0 Å². The maximum Gasteiger partial charge on any atom is 0.124 e. The number of rotatable bonds is 6. The summed E-state index contributed by atoms with van der Waals surface area (Å²) in [6, 6.07) is 6.53. The minimum Gasteiger partial charge on any atom is -0.491 e. The maximum atomic E-state index is 6.09. The van der Waals surface area contributed by atoms with E-state index in [9.17, 15) is 0 Å². The molecule has 1 aliphatic carbocycles. The van der Waals surface area contributed by atoms with Gasteiger partial charge in [0.05, 0.1) is 6.10 Å². The highest BCUT2D eigenvalue weighted by Crippen LogP contribution is 2.26. The molecule has 1 saturated heterocycles. The van der Waals surface area contributed by atoms with Crippen molar-refractivity contribution in [1.29, 1.82) is 0 Å². The molecule has 1 saturated carbocycles. The van der Waals surface area contributed by atoms with Gasteiger partial charge in [0, 0.05) is 29.8 Å². The molecule has 4 heteroatoms. The summed E-state index contributed by atoms with van der Waals surface area (Å²) in [5, 5.41) is 4.27. The zero-order valence-electron chi connectivity index (χ0n) is 11.7. The van der Waals surface area contributed by atoms with Gasteiger partial charge in [0.1, 0.15) is 12.4 Å². The Morgan fingerprint density at radius 3 is 2.90 bits per heavy atom. The van der Waals surface area contributed by atoms with Crippen LogP contribution in [0, 0.1) is 0 Å². The third kappa shape index (κ3) is 4.11. The molecule has 0 spiro atoms. The Labute approximate surface area is 125 Å². The molecule has 110 valence electrons. The molecule has 2 fully saturated rings. The maximum absolute atomic E-state index is 6.09. The Balaban J connectivity index is 1.58. The highest BCUT2D eigenvalue weighted by atomic mass is 35.5. The predicted octanol–water partition coefficient (Wildman–Crippen LogP) is 3.54. The Morgan fingerprint density at radius 1 is 1.25 bits per heavy atom. The molecule has 0 radical (unpaired) electrons. The van der Waals surface area contributed by atoms with E-state index < -0.39 is 0 Å². The molecule has 3 rings (SSSR count). The average Bonchev–Trinajstić information content (AvgIpc) is 3.29. The number of benzene rings is 1. The van der Waals surface area contributed by atoms with Gasteiger partial charge in [-0.25, -0.2) is 0 Å². The van der Waals surface area contributed by atoms with Crippen molar-refractivity contribution in [3.63, 3.8) is 0 Å². The van der Waals surface area contributed by atoms with Gasteiger partial charge in [-0.15, -0.1) is 0 Å². The minimum atomic E-state index is 0.240. The second-order valence-corrected chi connectivity index (χ2v) is 6.14. The zero-order chi connectivity index (χ0) is 13.8. The van der Waals surface area contributed by atoms with Crippen LogP contribution in [0.5, 0.6) is 5.75 Å². The quantitative estimate of drug-likeness (QED) is 0.871. The van der Waals surface area contributed by atoms with Crippen molar-refractivity contribution in [2.24, 2.45) is 0 Å². The summed E-state index contributed by atoms with van der Waals surface area (Å²) in [6.07, 6.45) is 6.32. The summed E-state index contributed by atoms with van der Waals surface area (Å²) >= 11 is 6.09. The lowest BCUT2D eigenvalue weighted by Gasteiger charge is -2.23. The van der Waals surface area contributed by atoms with E-state index in [1.807, 2.05) is 18.2 Å². The molecule has 1 aromatic rings. The molecule has 1 N–H and O–H groups in total. The molecule has 3 nitrogen and oxygen atoms in total. The van der Waals surface area contributed by atoms with E-state index in [0.29, 0.717) is 12.6 Å². The molecule has 1 aliphatic heterocycles. The number of hydrogen-bond acceptors (Lipinski definition) is 3. The van der Waals surface area contributed by atoms with Crippen molar-refractivity contribution in [1.82, 2.24) is 5.32 Å². The van der Waals surface area contributed by atoms with Crippen LogP contribution in [0.25, 0.3) is 0 Å². The van der Waals surface area contributed by atoms with Crippen LogP contribution in [0.3, 0.4) is 0 Å². The second kappa shape index (κ2) is 6.79. The van der Waals surface area contributed by atoms with Gasteiger partial charge in [-0.2, -0.15) is 0 Å². The average molecular weight is 296 g/mol. The SMILES string of the molecule is Clc1ccc(OCC2CCCCO2)c(CNC2CC2)c1. The third-order valence-corrected chi connectivity index (χ3v) is 4.11. The molecule has 0 bridgehead atoms. The molecule has 2 aliphatic rings. The van der Waals surface area contributed by atoms with Crippen molar-refractivity contribution in [3.05, 3.63) is 28.8 Å². The molecule has 20 heavy (non-hydrogen) atoms. The van der Waals surface area contributed by atoms with Gasteiger partial charge < -0.3 is 14.8 Å². The highest BCUT2D eigenvalue weighted by molar-refractivity contribution is 6.30. The largest absolute Gasteiger partial charge is 0.491 e. The third-order valence-electron chi connectivity index (χ3n) is 3.88. The van der Waals surface area contributed by atoms with Crippen molar-refractivity contribution < 1.29 is 9.47 Å². The zero-order valence-corrected chi connectivity index (χ0v) is 12.5. The molecule has 1 atom stereocenters. The van der Waals surface area contributed by atoms with Crippen LogP contribution in [0.2, 0.25) is 5.02 Å². The first-order chi connectivity index (χ1) is 9.81. The van der Waals surface area contributed by atoms with Crippen molar-refractivity contribution >= 4 is 11.6 Å². The molecule has 1 heterocycles. The van der Waals surface area contributed by atoms with Crippen LogP contribution in [-0.4, -0.2) is 25.4 Å². The topological polar surface area (TPSA) is 30.5 Å². The van der Waals surface area contributed by atoms with E-state index in [-0.39, 0.29) is 6.10 Å². The van der Waals surface area contributed by atoms with Crippen LogP contribution < -0.4 is 10.1 Å². The normalized spacial score (nSPS) is 22.8. The van der Waals surface area contributed by atoms with Gasteiger partial charge >= 0.3 is 0 Å². The lowest BCUT2D eigenvalue weighted by Crippen LogP contribution is -2.26. The Kier molecular flexibility index (Phi) is 4.81. The molecule has 1 unspecified atom stereocenters. The first-order valence-electron chi connectivity index (χ1n) is 7.57. The van der Waals surface area contributed by atoms with Gasteiger partial charge in [-0.3, -0.25) is 0 Å². The lowest BCUT2D eigenvalue weighted by molar-refractivity contribution is -0.0112. The highest BCUT2D eigenvalue weighted by Gasteiger charge is 2.21. The molecule has 0 aromatic heterocycles. The molecular weight excluding hydrogens is 274 g/mol. The van der Waals surface area contributed by atoms with Crippen molar-refractivity contribution in [2.45, 2.75) is 50.8 Å². The van der Waals surface area contributed by atoms with Gasteiger partial charge in [-0.05, 0) is 50.3 Å². The predicted molar refractivity (Wildman–Crippen MR) is 80.4 cm³/mol. The summed E-state index contributed by atoms with van der Waals surface area (Å²) in [5.74, 6) is 0.928. The van der Waals surface area contributed by atoms with Crippen LogP contribution in [0.4, 0.5) is 0 Å². The molecular formula is C16H22ClNO2. The van der Waals surface area contributed by atoms with E-state index >= 15 is 0 Å². The van der Waals surface area contributed by atoms with Gasteiger partial charge in [0.2, 0.25) is 0 Å². The monoisotopic (exact) mass is 295 g/mol. The van der Waals surface area contributed by atoms with E-state index in [4.69, 9.17) is 21.1 Å². The van der Waals surface area contributed by atoms with E-state index in [2.05, 4.69) is 5.32 Å². The van der Waals surface area contributed by atoms with Crippen LogP contribution >= 0.6 is 11.6 Å². The van der Waals surface area contributed by atoms with Crippen LogP contribution in [0.1, 0.15) is 37.7 Å². The van der Waals surface area contributed by atoms with E-state index in [1.54, 1.807) is 0 Å². The van der Waals surface area contributed by atoms with Crippen LogP contribution in [0.15, 0.2) is 18.2 Å². The fraction of sp³-hybridized carbons (Fsp3) is 0.625. The Morgan fingerprint density at radius 2 is 2.15 bits per heavy atom. The van der Waals surface area contributed by atoms with Crippen molar-refractivity contribution in [3.8, 4) is 5.75 Å².